The molecule has 0 bridgehead atoms. The Bertz CT molecular complexity index is 1080. The fourth-order valence-electron chi connectivity index (χ4n) is 2.51. The van der Waals surface area contributed by atoms with Crippen molar-refractivity contribution in [3.63, 3.8) is 0 Å². The third-order valence-electron chi connectivity index (χ3n) is 4.06. The molecule has 2 heterocycles. The molecule has 0 saturated carbocycles. The van der Waals surface area contributed by atoms with Crippen molar-refractivity contribution in [3.8, 4) is 11.5 Å². The second-order valence-electron chi connectivity index (χ2n) is 6.46. The van der Waals surface area contributed by atoms with Crippen molar-refractivity contribution in [2.24, 2.45) is 9.98 Å². The van der Waals surface area contributed by atoms with E-state index in [9.17, 15) is 10.2 Å². The molecule has 0 amide bonds. The molecule has 0 atom stereocenters. The number of furan rings is 2. The van der Waals surface area contributed by atoms with Crippen molar-refractivity contribution < 1.29 is 38.5 Å². The van der Waals surface area contributed by atoms with Gasteiger partial charge < -0.3 is 19.0 Å². The molecule has 2 aromatic heterocycles. The first kappa shape index (κ1) is 26.4. The van der Waals surface area contributed by atoms with Gasteiger partial charge in [0.25, 0.3) is 0 Å². The first-order chi connectivity index (χ1) is 15.5. The first-order valence-electron chi connectivity index (χ1n) is 9.49. The average molecular weight is 535 g/mol. The van der Waals surface area contributed by atoms with E-state index in [1.54, 1.807) is 48.9 Å². The van der Waals surface area contributed by atoms with Gasteiger partial charge >= 0.3 is 19.5 Å². The summed E-state index contributed by atoms with van der Waals surface area (Å²) in [4.78, 5) is 8.22. The van der Waals surface area contributed by atoms with Crippen molar-refractivity contribution in [1.82, 2.24) is 0 Å². The Labute approximate surface area is 214 Å². The standard InChI is InChI=1S/2C12H10ClNO2.Zn/c2*13-10-3-4-12(15)9(6-10)7-14-8-11-2-1-5-16-11;/h2*1-7,15H,8H2;/q;;+2/p-2. The molecule has 0 saturated heterocycles. The monoisotopic (exact) mass is 532 g/mol. The van der Waals surface area contributed by atoms with Gasteiger partial charge in [-0.3, -0.25) is 9.98 Å². The molecular weight excluding hydrogens is 517 g/mol. The largest absolute Gasteiger partial charge is 2.00 e. The topological polar surface area (TPSA) is 97.1 Å². The molecule has 0 aliphatic heterocycles. The molecule has 0 aliphatic rings. The molecule has 0 N–H and O–H groups in total. The summed E-state index contributed by atoms with van der Waals surface area (Å²) in [5.74, 6) is 1.33. The van der Waals surface area contributed by atoms with Gasteiger partial charge in [-0.25, -0.2) is 0 Å². The smallest absolute Gasteiger partial charge is 0.872 e. The molecule has 4 rings (SSSR count). The number of hydrogen-bond donors (Lipinski definition) is 0. The molecule has 164 valence electrons. The maximum atomic E-state index is 11.4. The number of aliphatic imine (C=N–C) groups is 2. The second kappa shape index (κ2) is 13.6. The summed E-state index contributed by atoms with van der Waals surface area (Å²) in [6.07, 6.45) is 6.19. The Kier molecular flexibility index (Phi) is 10.9. The maximum absolute atomic E-state index is 11.4. The zero-order chi connectivity index (χ0) is 22.8. The van der Waals surface area contributed by atoms with Gasteiger partial charge in [0.2, 0.25) is 0 Å². The predicted octanol–water partition coefficient (Wildman–Crippen LogP) is 5.25. The third kappa shape index (κ3) is 8.89. The molecule has 0 spiro atoms. The fourth-order valence-corrected chi connectivity index (χ4v) is 2.87. The van der Waals surface area contributed by atoms with Crippen LogP contribution < -0.4 is 10.2 Å². The minimum atomic E-state index is -0.0902. The third-order valence-corrected chi connectivity index (χ3v) is 4.53. The van der Waals surface area contributed by atoms with Crippen molar-refractivity contribution >= 4 is 35.6 Å². The SMILES string of the molecule is [O-]c1ccc(Cl)cc1C=NCc1ccco1.[O-]c1ccc(Cl)cc1C=NCc1ccco1.[Zn+2]. The summed E-state index contributed by atoms with van der Waals surface area (Å²) < 4.78 is 10.2. The fraction of sp³-hybridized carbons (Fsp3) is 0.0833. The van der Waals surface area contributed by atoms with Gasteiger partial charge in [0.1, 0.15) is 11.5 Å². The van der Waals surface area contributed by atoms with Gasteiger partial charge in [0, 0.05) is 22.5 Å². The molecule has 0 aliphatic carbocycles. The minimum absolute atomic E-state index is 0. The van der Waals surface area contributed by atoms with Crippen molar-refractivity contribution in [1.29, 1.82) is 0 Å². The Morgan fingerprint density at radius 1 is 0.697 bits per heavy atom. The van der Waals surface area contributed by atoms with Crippen molar-refractivity contribution in [2.75, 3.05) is 0 Å². The molecule has 0 radical (unpaired) electrons. The first-order valence-corrected chi connectivity index (χ1v) is 10.2. The maximum Gasteiger partial charge on any atom is 2.00 e. The van der Waals surface area contributed by atoms with E-state index in [0.29, 0.717) is 34.3 Å². The molecule has 2 aromatic carbocycles. The summed E-state index contributed by atoms with van der Waals surface area (Å²) in [6, 6.07) is 16.4. The normalized spacial score (nSPS) is 10.7. The van der Waals surface area contributed by atoms with E-state index in [4.69, 9.17) is 32.0 Å². The summed E-state index contributed by atoms with van der Waals surface area (Å²) in [5, 5.41) is 23.8. The summed E-state index contributed by atoms with van der Waals surface area (Å²) >= 11 is 11.6. The van der Waals surface area contributed by atoms with Crippen molar-refractivity contribution in [3.05, 3.63) is 106 Å². The van der Waals surface area contributed by atoms with Gasteiger partial charge in [-0.15, -0.1) is 0 Å². The molecule has 0 fully saturated rings. The molecule has 0 unspecified atom stereocenters. The number of benzene rings is 2. The van der Waals surface area contributed by atoms with E-state index in [2.05, 4.69) is 9.98 Å². The van der Waals surface area contributed by atoms with Gasteiger partial charge in [-0.2, -0.15) is 0 Å². The molecule has 9 heteroatoms. The van der Waals surface area contributed by atoms with Crippen LogP contribution in [0, 0.1) is 0 Å². The van der Waals surface area contributed by atoms with Crippen LogP contribution in [0.5, 0.6) is 11.5 Å². The average Bonchev–Trinajstić information content (AvgIpc) is 3.48. The van der Waals surface area contributed by atoms with E-state index in [1.165, 1.54) is 24.6 Å². The number of hydrogen-bond acceptors (Lipinski definition) is 6. The zero-order valence-electron chi connectivity index (χ0n) is 17.5. The molecule has 6 nitrogen and oxygen atoms in total. The Balaban J connectivity index is 0.000000227. The molecule has 33 heavy (non-hydrogen) atoms. The van der Waals surface area contributed by atoms with Crippen LogP contribution in [0.15, 0.2) is 92.0 Å². The van der Waals surface area contributed by atoms with E-state index in [-0.39, 0.29) is 31.0 Å². The predicted molar refractivity (Wildman–Crippen MR) is 122 cm³/mol. The summed E-state index contributed by atoms with van der Waals surface area (Å²) in [5.41, 5.74) is 0.970. The minimum Gasteiger partial charge on any atom is -0.872 e. The van der Waals surface area contributed by atoms with Crippen LogP contribution in [0.3, 0.4) is 0 Å². The van der Waals surface area contributed by atoms with E-state index in [1.807, 2.05) is 12.1 Å². The van der Waals surface area contributed by atoms with Crippen LogP contribution in [-0.4, -0.2) is 12.4 Å². The number of nitrogens with zero attached hydrogens (tertiary/aromatic N) is 2. The summed E-state index contributed by atoms with van der Waals surface area (Å²) in [6.45, 7) is 0.831. The Morgan fingerprint density at radius 3 is 1.48 bits per heavy atom. The van der Waals surface area contributed by atoms with E-state index in [0.717, 1.165) is 11.5 Å². The summed E-state index contributed by atoms with van der Waals surface area (Å²) in [7, 11) is 0. The Morgan fingerprint density at radius 2 is 1.12 bits per heavy atom. The van der Waals surface area contributed by atoms with Gasteiger partial charge in [0.15, 0.2) is 0 Å². The van der Waals surface area contributed by atoms with Crippen LogP contribution in [-0.2, 0) is 32.6 Å². The second-order valence-corrected chi connectivity index (χ2v) is 7.34. The van der Waals surface area contributed by atoms with E-state index >= 15 is 0 Å². The van der Waals surface area contributed by atoms with Gasteiger partial charge in [-0.05, 0) is 59.7 Å². The number of rotatable bonds is 6. The van der Waals surface area contributed by atoms with Gasteiger partial charge in [0.05, 0.1) is 25.6 Å². The number of halogens is 2. The molecular formula is C24H18Cl2N2O4Zn. The van der Waals surface area contributed by atoms with Crippen LogP contribution in [0.2, 0.25) is 10.0 Å². The van der Waals surface area contributed by atoms with Crippen LogP contribution in [0.1, 0.15) is 22.6 Å². The quantitative estimate of drug-likeness (QED) is 0.249. The molecule has 4 aromatic rings. The van der Waals surface area contributed by atoms with Gasteiger partial charge in [-0.1, -0.05) is 46.8 Å². The Hall–Kier alpha value is -2.86. The van der Waals surface area contributed by atoms with Crippen molar-refractivity contribution in [2.45, 2.75) is 13.1 Å². The van der Waals surface area contributed by atoms with Crippen LogP contribution >= 0.6 is 23.2 Å². The zero-order valence-corrected chi connectivity index (χ0v) is 22.0. The van der Waals surface area contributed by atoms with Crippen LogP contribution in [0.4, 0.5) is 0 Å². The van der Waals surface area contributed by atoms with E-state index < -0.39 is 0 Å². The van der Waals surface area contributed by atoms with Crippen LogP contribution in [0.25, 0.3) is 0 Å².